The summed E-state index contributed by atoms with van der Waals surface area (Å²) >= 11 is 0. The third-order valence-corrected chi connectivity index (χ3v) is 3.50. The molecule has 2 N–H and O–H groups in total. The predicted octanol–water partition coefficient (Wildman–Crippen LogP) is 2.03. The molecule has 3 rings (SSSR count). The minimum atomic E-state index is -0.257. The van der Waals surface area contributed by atoms with Crippen LogP contribution in [0.1, 0.15) is 26.3 Å². The van der Waals surface area contributed by atoms with Crippen LogP contribution in [0.2, 0.25) is 0 Å². The molecular formula is C16H15N3O2. The first-order valence-electron chi connectivity index (χ1n) is 6.68. The monoisotopic (exact) mass is 281 g/mol. The SMILES string of the molecule is CNc1ccccc1C(=O)N1Cc2ccccc2C(=O)N1. The van der Waals surface area contributed by atoms with E-state index in [1.54, 1.807) is 25.2 Å². The first-order valence-corrected chi connectivity index (χ1v) is 6.68. The van der Waals surface area contributed by atoms with Crippen LogP contribution in [0.4, 0.5) is 5.69 Å². The standard InChI is InChI=1S/C16H15N3O2/c1-17-14-9-5-4-8-13(14)16(21)19-10-11-6-2-3-7-12(11)15(20)18-19/h2-9,17H,10H2,1H3,(H,18,20). The van der Waals surface area contributed by atoms with Crippen molar-refractivity contribution in [3.63, 3.8) is 0 Å². The summed E-state index contributed by atoms with van der Waals surface area (Å²) in [7, 11) is 1.76. The van der Waals surface area contributed by atoms with Gasteiger partial charge >= 0.3 is 0 Å². The van der Waals surface area contributed by atoms with Gasteiger partial charge < -0.3 is 5.32 Å². The number of para-hydroxylation sites is 1. The lowest BCUT2D eigenvalue weighted by molar-refractivity contribution is 0.0540. The lowest BCUT2D eigenvalue weighted by atomic mass is 10.0. The summed E-state index contributed by atoms with van der Waals surface area (Å²) in [4.78, 5) is 24.7. The van der Waals surface area contributed by atoms with Crippen molar-refractivity contribution < 1.29 is 9.59 Å². The maximum Gasteiger partial charge on any atom is 0.274 e. The highest BCUT2D eigenvalue weighted by atomic mass is 16.2. The van der Waals surface area contributed by atoms with Crippen LogP contribution in [0.5, 0.6) is 0 Å². The Hall–Kier alpha value is -2.82. The first kappa shape index (κ1) is 13.2. The van der Waals surface area contributed by atoms with Crippen LogP contribution in [0.25, 0.3) is 0 Å². The van der Waals surface area contributed by atoms with Gasteiger partial charge in [-0.25, -0.2) is 5.01 Å². The van der Waals surface area contributed by atoms with Crippen LogP contribution < -0.4 is 10.7 Å². The molecule has 1 aliphatic rings. The molecule has 1 heterocycles. The Morgan fingerprint density at radius 1 is 1.14 bits per heavy atom. The van der Waals surface area contributed by atoms with Gasteiger partial charge in [-0.3, -0.25) is 15.0 Å². The Morgan fingerprint density at radius 2 is 1.86 bits per heavy atom. The number of fused-ring (bicyclic) bond motifs is 1. The van der Waals surface area contributed by atoms with Gasteiger partial charge in [-0.1, -0.05) is 30.3 Å². The molecule has 0 fully saturated rings. The number of hydrogen-bond acceptors (Lipinski definition) is 3. The van der Waals surface area contributed by atoms with E-state index >= 15 is 0 Å². The van der Waals surface area contributed by atoms with Crippen molar-refractivity contribution in [2.75, 3.05) is 12.4 Å². The zero-order valence-electron chi connectivity index (χ0n) is 11.6. The molecule has 0 aromatic heterocycles. The summed E-state index contributed by atoms with van der Waals surface area (Å²) in [6.07, 6.45) is 0. The summed E-state index contributed by atoms with van der Waals surface area (Å²) in [5.41, 5.74) is 5.36. The number of nitrogens with one attached hydrogen (secondary N) is 2. The molecule has 0 saturated heterocycles. The van der Waals surface area contributed by atoms with E-state index in [-0.39, 0.29) is 11.8 Å². The zero-order valence-corrected chi connectivity index (χ0v) is 11.6. The molecule has 1 aliphatic heterocycles. The minimum absolute atomic E-state index is 0.234. The Balaban J connectivity index is 1.92. The molecule has 0 atom stereocenters. The van der Waals surface area contributed by atoms with E-state index < -0.39 is 0 Å². The van der Waals surface area contributed by atoms with Crippen molar-refractivity contribution in [1.29, 1.82) is 0 Å². The van der Waals surface area contributed by atoms with Crippen molar-refractivity contribution >= 4 is 17.5 Å². The van der Waals surface area contributed by atoms with Crippen LogP contribution in [-0.2, 0) is 6.54 Å². The first-order chi connectivity index (χ1) is 10.2. The van der Waals surface area contributed by atoms with Crippen molar-refractivity contribution in [3.8, 4) is 0 Å². The van der Waals surface area contributed by atoms with E-state index in [1.807, 2.05) is 30.3 Å². The Bertz CT molecular complexity index is 712. The second-order valence-corrected chi connectivity index (χ2v) is 4.78. The summed E-state index contributed by atoms with van der Waals surface area (Å²) in [5, 5.41) is 4.33. The molecule has 106 valence electrons. The molecule has 0 spiro atoms. The van der Waals surface area contributed by atoms with Gasteiger partial charge in [0.1, 0.15) is 0 Å². The topological polar surface area (TPSA) is 61.4 Å². The van der Waals surface area contributed by atoms with Crippen LogP contribution in [-0.4, -0.2) is 23.9 Å². The summed E-state index contributed by atoms with van der Waals surface area (Å²) in [6, 6.07) is 14.5. The number of hydrazine groups is 1. The molecule has 2 aromatic carbocycles. The highest BCUT2D eigenvalue weighted by Gasteiger charge is 2.27. The summed E-state index contributed by atoms with van der Waals surface area (Å²) < 4.78 is 0. The molecule has 0 aliphatic carbocycles. The van der Waals surface area contributed by atoms with Crippen LogP contribution in [0.3, 0.4) is 0 Å². The highest BCUT2D eigenvalue weighted by Crippen LogP contribution is 2.21. The van der Waals surface area contributed by atoms with Gasteiger partial charge in [0.05, 0.1) is 12.1 Å². The largest absolute Gasteiger partial charge is 0.387 e. The number of hydrogen-bond donors (Lipinski definition) is 2. The minimum Gasteiger partial charge on any atom is -0.387 e. The van der Waals surface area contributed by atoms with Crippen LogP contribution in [0, 0.1) is 0 Å². The maximum atomic E-state index is 12.6. The third kappa shape index (κ3) is 2.33. The summed E-state index contributed by atoms with van der Waals surface area (Å²) in [6.45, 7) is 0.360. The van der Waals surface area contributed by atoms with E-state index in [4.69, 9.17) is 0 Å². The molecule has 0 radical (unpaired) electrons. The lowest BCUT2D eigenvalue weighted by Crippen LogP contribution is -2.49. The average molecular weight is 281 g/mol. The molecule has 0 unspecified atom stereocenters. The lowest BCUT2D eigenvalue weighted by Gasteiger charge is -2.29. The maximum absolute atomic E-state index is 12.6. The fraction of sp³-hybridized carbons (Fsp3) is 0.125. The van der Waals surface area contributed by atoms with Crippen LogP contribution >= 0.6 is 0 Å². The van der Waals surface area contributed by atoms with Crippen molar-refractivity contribution in [1.82, 2.24) is 10.4 Å². The second-order valence-electron chi connectivity index (χ2n) is 4.78. The van der Waals surface area contributed by atoms with Gasteiger partial charge in [-0.05, 0) is 23.8 Å². The van der Waals surface area contributed by atoms with Gasteiger partial charge in [-0.2, -0.15) is 0 Å². The molecular weight excluding hydrogens is 266 g/mol. The average Bonchev–Trinajstić information content (AvgIpc) is 2.54. The molecule has 21 heavy (non-hydrogen) atoms. The Labute approximate surface area is 122 Å². The summed E-state index contributed by atoms with van der Waals surface area (Å²) in [5.74, 6) is -0.491. The van der Waals surface area contributed by atoms with Crippen LogP contribution in [0.15, 0.2) is 48.5 Å². The Morgan fingerprint density at radius 3 is 2.67 bits per heavy atom. The normalized spacial score (nSPS) is 13.4. The molecule has 2 amide bonds. The van der Waals surface area contributed by atoms with E-state index in [9.17, 15) is 9.59 Å². The van der Waals surface area contributed by atoms with E-state index in [1.165, 1.54) is 5.01 Å². The number of carbonyl (C=O) groups excluding carboxylic acids is 2. The fourth-order valence-electron chi connectivity index (χ4n) is 2.43. The van der Waals surface area contributed by atoms with E-state index in [2.05, 4.69) is 10.7 Å². The molecule has 0 saturated carbocycles. The number of amides is 2. The van der Waals surface area contributed by atoms with Crippen molar-refractivity contribution in [2.45, 2.75) is 6.54 Å². The number of anilines is 1. The molecule has 5 heteroatoms. The number of benzene rings is 2. The third-order valence-electron chi connectivity index (χ3n) is 3.50. The number of rotatable bonds is 2. The second kappa shape index (κ2) is 5.28. The molecule has 2 aromatic rings. The van der Waals surface area contributed by atoms with Gasteiger partial charge in [0.25, 0.3) is 11.8 Å². The molecule has 5 nitrogen and oxygen atoms in total. The number of nitrogens with zero attached hydrogens (tertiary/aromatic N) is 1. The van der Waals surface area contributed by atoms with E-state index in [0.29, 0.717) is 17.7 Å². The molecule has 0 bridgehead atoms. The van der Waals surface area contributed by atoms with Gasteiger partial charge in [-0.15, -0.1) is 0 Å². The van der Waals surface area contributed by atoms with E-state index in [0.717, 1.165) is 11.3 Å². The fourth-order valence-corrected chi connectivity index (χ4v) is 2.43. The predicted molar refractivity (Wildman–Crippen MR) is 79.8 cm³/mol. The van der Waals surface area contributed by atoms with Crippen molar-refractivity contribution in [3.05, 3.63) is 65.2 Å². The van der Waals surface area contributed by atoms with Gasteiger partial charge in [0.15, 0.2) is 0 Å². The van der Waals surface area contributed by atoms with Crippen molar-refractivity contribution in [2.24, 2.45) is 0 Å². The highest BCUT2D eigenvalue weighted by molar-refractivity contribution is 6.03. The number of carbonyl (C=O) groups is 2. The Kier molecular flexibility index (Phi) is 3.31. The quantitative estimate of drug-likeness (QED) is 0.885. The van der Waals surface area contributed by atoms with Gasteiger partial charge in [0.2, 0.25) is 0 Å². The smallest absolute Gasteiger partial charge is 0.274 e. The zero-order chi connectivity index (χ0) is 14.8. The van der Waals surface area contributed by atoms with Gasteiger partial charge in [0, 0.05) is 18.3 Å².